The molecule has 0 unspecified atom stereocenters. The van der Waals surface area contributed by atoms with Crippen molar-refractivity contribution < 1.29 is 23.0 Å². The van der Waals surface area contributed by atoms with E-state index in [1.54, 1.807) is 18.1 Å². The van der Waals surface area contributed by atoms with Crippen molar-refractivity contribution in [2.24, 2.45) is 4.99 Å². The van der Waals surface area contributed by atoms with Gasteiger partial charge in [-0.05, 0) is 30.2 Å². The molecule has 0 saturated carbocycles. The van der Waals surface area contributed by atoms with E-state index in [9.17, 15) is 18.3 Å². The first kappa shape index (κ1) is 20.9. The van der Waals surface area contributed by atoms with Crippen LogP contribution in [0.25, 0.3) is 5.70 Å². The molecule has 0 saturated heterocycles. The van der Waals surface area contributed by atoms with Gasteiger partial charge in [-0.3, -0.25) is 0 Å². The highest BCUT2D eigenvalue weighted by molar-refractivity contribution is 7.14. The number of para-hydroxylation sites is 1. The van der Waals surface area contributed by atoms with Crippen LogP contribution >= 0.6 is 11.3 Å². The smallest absolute Gasteiger partial charge is 0.417 e. The van der Waals surface area contributed by atoms with Gasteiger partial charge in [0.05, 0.1) is 12.7 Å². The molecule has 0 bridgehead atoms. The Morgan fingerprint density at radius 3 is 2.68 bits per heavy atom. The van der Waals surface area contributed by atoms with Crippen LogP contribution < -0.4 is 4.74 Å². The second-order valence-electron chi connectivity index (χ2n) is 6.79. The van der Waals surface area contributed by atoms with Gasteiger partial charge in [0.1, 0.15) is 22.2 Å². The van der Waals surface area contributed by atoms with Gasteiger partial charge in [0.15, 0.2) is 5.84 Å². The van der Waals surface area contributed by atoms with Crippen LogP contribution in [0.3, 0.4) is 0 Å². The molecule has 5 nitrogen and oxygen atoms in total. The van der Waals surface area contributed by atoms with Gasteiger partial charge in [-0.2, -0.15) is 13.2 Å². The van der Waals surface area contributed by atoms with Crippen molar-refractivity contribution in [1.82, 2.24) is 9.88 Å². The van der Waals surface area contributed by atoms with E-state index in [0.29, 0.717) is 12.2 Å². The Morgan fingerprint density at radius 2 is 1.97 bits per heavy atom. The Hall–Kier alpha value is -3.33. The number of ether oxygens (including phenoxy) is 1. The fraction of sp³-hybridized carbons (Fsp3) is 0.182. The minimum Gasteiger partial charge on any atom is -0.506 e. The average Bonchev–Trinajstić information content (AvgIpc) is 3.18. The van der Waals surface area contributed by atoms with Crippen LogP contribution in [-0.2, 0) is 12.6 Å². The van der Waals surface area contributed by atoms with Gasteiger partial charge in [-0.1, -0.05) is 24.8 Å². The number of fused-ring (bicyclic) bond motifs is 1. The Bertz CT molecular complexity index is 1170. The monoisotopic (exact) mass is 445 g/mol. The molecular weight excluding hydrogens is 427 g/mol. The van der Waals surface area contributed by atoms with Gasteiger partial charge in [0.2, 0.25) is 0 Å². The zero-order valence-corrected chi connectivity index (χ0v) is 17.3. The quantitative estimate of drug-likeness (QED) is 0.565. The number of halogens is 3. The molecule has 4 rings (SSSR count). The summed E-state index contributed by atoms with van der Waals surface area (Å²) in [5.74, 6) is 0.810. The minimum atomic E-state index is -4.53. The molecule has 160 valence electrons. The Labute approximate surface area is 180 Å². The second kappa shape index (κ2) is 8.07. The Kier molecular flexibility index (Phi) is 5.45. The van der Waals surface area contributed by atoms with Gasteiger partial charge in [0.25, 0.3) is 0 Å². The summed E-state index contributed by atoms with van der Waals surface area (Å²) >= 11 is 0.885. The zero-order valence-electron chi connectivity index (χ0n) is 16.5. The lowest BCUT2D eigenvalue weighted by atomic mass is 10.0. The Morgan fingerprint density at radius 1 is 1.19 bits per heavy atom. The van der Waals surface area contributed by atoms with E-state index in [-0.39, 0.29) is 40.1 Å². The fourth-order valence-corrected chi connectivity index (χ4v) is 4.44. The molecule has 0 fully saturated rings. The number of nitrogens with zero attached hydrogens (tertiary/aromatic N) is 3. The van der Waals surface area contributed by atoms with Crippen LogP contribution in [0.2, 0.25) is 0 Å². The molecule has 9 heteroatoms. The van der Waals surface area contributed by atoms with Crippen molar-refractivity contribution in [3.63, 3.8) is 0 Å². The lowest BCUT2D eigenvalue weighted by Gasteiger charge is -2.32. The SMILES string of the molecule is C=C1c2c(C(F)(F)F)csc2N=C(c2ncccc2O)N1CCc1ccccc1OC. The van der Waals surface area contributed by atoms with Crippen LogP contribution in [0.4, 0.5) is 18.2 Å². The van der Waals surface area contributed by atoms with Gasteiger partial charge in [0, 0.05) is 29.4 Å². The van der Waals surface area contributed by atoms with Crippen molar-refractivity contribution in [3.05, 3.63) is 76.9 Å². The lowest BCUT2D eigenvalue weighted by Crippen LogP contribution is -2.35. The number of thiophene rings is 1. The molecule has 0 radical (unpaired) electrons. The molecule has 2 aromatic heterocycles. The normalized spacial score (nSPS) is 13.7. The molecule has 1 aliphatic heterocycles. The maximum atomic E-state index is 13.6. The molecule has 0 aliphatic carbocycles. The van der Waals surface area contributed by atoms with Crippen molar-refractivity contribution in [1.29, 1.82) is 0 Å². The molecule has 0 spiro atoms. The van der Waals surface area contributed by atoms with Crippen LogP contribution in [0, 0.1) is 0 Å². The number of hydrogen-bond acceptors (Lipinski definition) is 6. The number of aromatic hydroxyl groups is 1. The minimum absolute atomic E-state index is 0.0447. The molecular formula is C22H18F3N3O2S. The van der Waals surface area contributed by atoms with E-state index < -0.39 is 11.7 Å². The zero-order chi connectivity index (χ0) is 22.2. The molecule has 1 N–H and O–H groups in total. The molecule has 0 amide bonds. The van der Waals surface area contributed by atoms with Gasteiger partial charge >= 0.3 is 6.18 Å². The first-order chi connectivity index (χ1) is 14.8. The molecule has 3 aromatic rings. The van der Waals surface area contributed by atoms with Crippen molar-refractivity contribution in [2.45, 2.75) is 12.6 Å². The van der Waals surface area contributed by atoms with Crippen LogP contribution in [0.1, 0.15) is 22.4 Å². The highest BCUT2D eigenvalue weighted by Gasteiger charge is 2.40. The molecule has 1 aromatic carbocycles. The summed E-state index contributed by atoms with van der Waals surface area (Å²) in [6.07, 6.45) is -2.58. The third-order valence-electron chi connectivity index (χ3n) is 4.95. The molecule has 3 heterocycles. The fourth-order valence-electron chi connectivity index (χ4n) is 3.47. The third-order valence-corrected chi connectivity index (χ3v) is 5.82. The van der Waals surface area contributed by atoms with Gasteiger partial charge < -0.3 is 14.7 Å². The van der Waals surface area contributed by atoms with Crippen LogP contribution in [-0.4, -0.2) is 34.5 Å². The number of pyridine rings is 1. The first-order valence-electron chi connectivity index (χ1n) is 9.31. The van der Waals surface area contributed by atoms with Crippen molar-refractivity contribution in [3.8, 4) is 11.5 Å². The van der Waals surface area contributed by atoms with Gasteiger partial charge in [-0.15, -0.1) is 11.3 Å². The van der Waals surface area contributed by atoms with Crippen molar-refractivity contribution in [2.75, 3.05) is 13.7 Å². The maximum absolute atomic E-state index is 13.6. The predicted octanol–water partition coefficient (Wildman–Crippen LogP) is 5.48. The standard InChI is InChI=1S/C22H18F3N3O2S/c1-13-18-15(22(23,24)25)12-31-21(18)27-20(19-16(29)7-5-10-26-19)28(13)11-9-14-6-3-4-8-17(14)30-2/h3-8,10,12,29H,1,9,11H2,2H3. The highest BCUT2D eigenvalue weighted by atomic mass is 32.1. The Balaban J connectivity index is 1.79. The largest absolute Gasteiger partial charge is 0.506 e. The van der Waals surface area contributed by atoms with Crippen molar-refractivity contribution >= 4 is 27.9 Å². The van der Waals surface area contributed by atoms with E-state index in [1.165, 1.54) is 12.3 Å². The number of methoxy groups -OCH3 is 1. The number of rotatable bonds is 5. The summed E-state index contributed by atoms with van der Waals surface area (Å²) < 4.78 is 46.1. The average molecular weight is 445 g/mol. The van der Waals surface area contributed by atoms with Gasteiger partial charge in [-0.25, -0.2) is 9.98 Å². The summed E-state index contributed by atoms with van der Waals surface area (Å²) in [6.45, 7) is 4.22. The number of aromatic nitrogens is 1. The van der Waals surface area contributed by atoms with E-state index in [1.807, 2.05) is 24.3 Å². The number of alkyl halides is 3. The van der Waals surface area contributed by atoms with Crippen LogP contribution in [0.15, 0.2) is 59.5 Å². The summed E-state index contributed by atoms with van der Waals surface area (Å²) in [7, 11) is 1.56. The van der Waals surface area contributed by atoms with E-state index >= 15 is 0 Å². The summed E-state index contributed by atoms with van der Waals surface area (Å²) in [4.78, 5) is 10.2. The summed E-state index contributed by atoms with van der Waals surface area (Å²) in [5, 5.41) is 11.5. The maximum Gasteiger partial charge on any atom is 0.417 e. The number of benzene rings is 1. The van der Waals surface area contributed by atoms with E-state index in [0.717, 1.165) is 22.3 Å². The molecule has 31 heavy (non-hydrogen) atoms. The number of aliphatic imine (C=N–C) groups is 1. The predicted molar refractivity (Wildman–Crippen MR) is 114 cm³/mol. The summed E-state index contributed by atoms with van der Waals surface area (Å²) in [6, 6.07) is 10.4. The van der Waals surface area contributed by atoms with E-state index in [4.69, 9.17) is 4.74 Å². The third kappa shape index (κ3) is 3.88. The molecule has 0 atom stereocenters. The number of hydrogen-bond donors (Lipinski definition) is 1. The first-order valence-corrected chi connectivity index (χ1v) is 10.2. The second-order valence-corrected chi connectivity index (χ2v) is 7.65. The topological polar surface area (TPSA) is 58.0 Å². The lowest BCUT2D eigenvalue weighted by molar-refractivity contribution is -0.137. The van der Waals surface area contributed by atoms with Crippen LogP contribution in [0.5, 0.6) is 11.5 Å². The van der Waals surface area contributed by atoms with E-state index in [2.05, 4.69) is 16.6 Å². The number of amidine groups is 1. The highest BCUT2D eigenvalue weighted by Crippen LogP contribution is 2.47. The molecule has 1 aliphatic rings. The summed E-state index contributed by atoms with van der Waals surface area (Å²) in [5.41, 5.74) is 0.406.